The van der Waals surface area contributed by atoms with Crippen molar-refractivity contribution in [2.24, 2.45) is 0 Å². The molecule has 0 radical (unpaired) electrons. The van der Waals surface area contributed by atoms with Crippen LogP contribution in [0.4, 0.5) is 13.2 Å². The topological polar surface area (TPSA) is 0 Å². The smallest absolute Gasteiger partial charge is 0.131 e. The van der Waals surface area contributed by atoms with Crippen LogP contribution in [0.5, 0.6) is 0 Å². The molecule has 0 saturated carbocycles. The molecule has 1 aromatic carbocycles. The standard InChI is InChI=1S/C7H7F3Si/c8-4-1-6(9)5(3-11)7(10)2-4/h1-2H,3H2,11H3. The van der Waals surface area contributed by atoms with Gasteiger partial charge in [0, 0.05) is 27.9 Å². The molecule has 1 aromatic rings. The molecule has 0 nitrogen and oxygen atoms in total. The fourth-order valence-corrected chi connectivity index (χ4v) is 1.59. The zero-order valence-corrected chi connectivity index (χ0v) is 8.00. The summed E-state index contributed by atoms with van der Waals surface area (Å²) in [4.78, 5) is 0. The summed E-state index contributed by atoms with van der Waals surface area (Å²) in [5.74, 6) is -2.42. The van der Waals surface area contributed by atoms with Crippen molar-refractivity contribution in [1.29, 1.82) is 0 Å². The van der Waals surface area contributed by atoms with E-state index in [1.54, 1.807) is 0 Å². The Morgan fingerprint density at radius 3 is 1.91 bits per heavy atom. The van der Waals surface area contributed by atoms with Crippen molar-refractivity contribution in [2.75, 3.05) is 0 Å². The highest BCUT2D eigenvalue weighted by molar-refractivity contribution is 6.08. The van der Waals surface area contributed by atoms with Crippen molar-refractivity contribution in [1.82, 2.24) is 0 Å². The summed E-state index contributed by atoms with van der Waals surface area (Å²) in [5, 5.41) is 0. The van der Waals surface area contributed by atoms with Crippen LogP contribution >= 0.6 is 0 Å². The van der Waals surface area contributed by atoms with Gasteiger partial charge in [0.25, 0.3) is 0 Å². The summed E-state index contributed by atoms with van der Waals surface area (Å²) in [6, 6.07) is 1.78. The Hall–Kier alpha value is -0.773. The van der Waals surface area contributed by atoms with E-state index in [0.717, 1.165) is 0 Å². The lowest BCUT2D eigenvalue weighted by molar-refractivity contribution is 0.531. The number of benzene rings is 1. The summed E-state index contributed by atoms with van der Waals surface area (Å²) in [6.07, 6.45) is 0. The molecule has 0 aliphatic heterocycles. The van der Waals surface area contributed by atoms with Crippen molar-refractivity contribution in [3.8, 4) is 0 Å². The van der Waals surface area contributed by atoms with E-state index in [9.17, 15) is 13.2 Å². The molecule has 0 N–H and O–H groups in total. The van der Waals surface area contributed by atoms with E-state index < -0.39 is 17.5 Å². The first-order valence-corrected chi connectivity index (χ1v) is 4.70. The van der Waals surface area contributed by atoms with Crippen LogP contribution in [-0.2, 0) is 6.04 Å². The largest absolute Gasteiger partial charge is 0.207 e. The Bertz CT molecular complexity index is 249. The summed E-state index contributed by atoms with van der Waals surface area (Å²) in [7, 11) is 0.669. The van der Waals surface area contributed by atoms with E-state index in [4.69, 9.17) is 0 Å². The maximum absolute atomic E-state index is 12.7. The van der Waals surface area contributed by atoms with Crippen molar-refractivity contribution in [3.63, 3.8) is 0 Å². The molecule has 0 spiro atoms. The highest BCUT2D eigenvalue weighted by atomic mass is 28.1. The first kappa shape index (κ1) is 8.32. The zero-order valence-electron chi connectivity index (χ0n) is 6.00. The molecule has 0 unspecified atom stereocenters. The van der Waals surface area contributed by atoms with Crippen molar-refractivity contribution < 1.29 is 13.2 Å². The van der Waals surface area contributed by atoms with Gasteiger partial charge in [0.2, 0.25) is 0 Å². The van der Waals surface area contributed by atoms with Gasteiger partial charge >= 0.3 is 0 Å². The van der Waals surface area contributed by atoms with Crippen LogP contribution < -0.4 is 0 Å². The number of hydrogen-bond donors (Lipinski definition) is 0. The predicted octanol–water partition coefficient (Wildman–Crippen LogP) is 0.969. The second-order valence-corrected chi connectivity index (χ2v) is 2.91. The molecule has 0 saturated heterocycles. The molecule has 11 heavy (non-hydrogen) atoms. The van der Waals surface area contributed by atoms with Gasteiger partial charge in [-0.25, -0.2) is 13.2 Å². The van der Waals surface area contributed by atoms with Gasteiger partial charge in [-0.1, -0.05) is 0 Å². The van der Waals surface area contributed by atoms with Crippen LogP contribution in [0.25, 0.3) is 0 Å². The number of hydrogen-bond acceptors (Lipinski definition) is 0. The predicted molar refractivity (Wildman–Crippen MR) is 40.0 cm³/mol. The minimum atomic E-state index is -0.862. The van der Waals surface area contributed by atoms with Gasteiger partial charge in [0.05, 0.1) is 0 Å². The Labute approximate surface area is 65.5 Å². The minimum Gasteiger partial charge on any atom is -0.207 e. The van der Waals surface area contributed by atoms with E-state index in [1.165, 1.54) is 0 Å². The van der Waals surface area contributed by atoms with Gasteiger partial charge in [-0.05, 0) is 6.04 Å². The molecule has 0 bridgehead atoms. The van der Waals surface area contributed by atoms with Gasteiger partial charge in [-0.2, -0.15) is 0 Å². The van der Waals surface area contributed by atoms with Crippen LogP contribution in [0.15, 0.2) is 12.1 Å². The quantitative estimate of drug-likeness (QED) is 0.559. The molecule has 0 amide bonds. The van der Waals surface area contributed by atoms with Crippen LogP contribution in [0, 0.1) is 17.5 Å². The summed E-state index contributed by atoms with van der Waals surface area (Å²) < 4.78 is 37.6. The molecule has 0 aliphatic carbocycles. The average molecular weight is 176 g/mol. The minimum absolute atomic E-state index is 0.00179. The summed E-state index contributed by atoms with van der Waals surface area (Å²) >= 11 is 0. The number of rotatable bonds is 1. The Balaban J connectivity index is 3.25. The van der Waals surface area contributed by atoms with Crippen molar-refractivity contribution in [2.45, 2.75) is 6.04 Å². The highest BCUT2D eigenvalue weighted by Crippen LogP contribution is 2.13. The Morgan fingerprint density at radius 1 is 1.09 bits per heavy atom. The van der Waals surface area contributed by atoms with Crippen molar-refractivity contribution >= 4 is 10.2 Å². The maximum atomic E-state index is 12.7. The third-order valence-electron chi connectivity index (χ3n) is 1.46. The zero-order chi connectivity index (χ0) is 8.43. The molecular weight excluding hydrogens is 169 g/mol. The highest BCUT2D eigenvalue weighted by Gasteiger charge is 2.08. The van der Waals surface area contributed by atoms with Gasteiger partial charge in [-0.15, -0.1) is 0 Å². The number of halogens is 3. The third kappa shape index (κ3) is 1.62. The van der Waals surface area contributed by atoms with Crippen molar-refractivity contribution in [3.05, 3.63) is 35.1 Å². The van der Waals surface area contributed by atoms with E-state index >= 15 is 0 Å². The molecule has 1 rings (SSSR count). The fraction of sp³-hybridized carbons (Fsp3) is 0.143. The second-order valence-electron chi connectivity index (χ2n) is 2.20. The fourth-order valence-electron chi connectivity index (χ4n) is 0.910. The molecule has 60 valence electrons. The molecule has 0 heterocycles. The van der Waals surface area contributed by atoms with Crippen LogP contribution in [0.1, 0.15) is 5.56 Å². The first-order valence-electron chi connectivity index (χ1n) is 3.28. The molecule has 0 atom stereocenters. The monoisotopic (exact) mass is 176 g/mol. The van der Waals surface area contributed by atoms with Gasteiger partial charge < -0.3 is 0 Å². The van der Waals surface area contributed by atoms with E-state index in [0.29, 0.717) is 28.4 Å². The van der Waals surface area contributed by atoms with Gasteiger partial charge in [0.15, 0.2) is 0 Å². The lowest BCUT2D eigenvalue weighted by atomic mass is 10.2. The summed E-state index contributed by atoms with van der Waals surface area (Å²) in [5.41, 5.74) is -0.00179. The first-order chi connectivity index (χ1) is 5.15. The molecule has 4 heteroatoms. The van der Waals surface area contributed by atoms with Gasteiger partial charge in [-0.3, -0.25) is 0 Å². The average Bonchev–Trinajstić information content (AvgIpc) is 1.85. The molecule has 0 fully saturated rings. The maximum Gasteiger partial charge on any atom is 0.131 e. The van der Waals surface area contributed by atoms with E-state index in [-0.39, 0.29) is 5.56 Å². The Kier molecular flexibility index (Phi) is 2.33. The molecular formula is C7H7F3Si. The normalized spacial score (nSPS) is 10.5. The molecule has 0 aliphatic rings. The van der Waals surface area contributed by atoms with Crippen LogP contribution in [0.2, 0.25) is 0 Å². The van der Waals surface area contributed by atoms with E-state index in [1.807, 2.05) is 0 Å². The van der Waals surface area contributed by atoms with E-state index in [2.05, 4.69) is 0 Å². The lowest BCUT2D eigenvalue weighted by Crippen LogP contribution is -1.96. The van der Waals surface area contributed by atoms with Crippen LogP contribution in [-0.4, -0.2) is 10.2 Å². The third-order valence-corrected chi connectivity index (χ3v) is 2.17. The summed E-state index contributed by atoms with van der Waals surface area (Å²) in [6.45, 7) is 0. The molecule has 0 aromatic heterocycles. The second kappa shape index (κ2) is 3.09. The Morgan fingerprint density at radius 2 is 1.55 bits per heavy atom. The lowest BCUT2D eigenvalue weighted by Gasteiger charge is -2.00. The van der Waals surface area contributed by atoms with Gasteiger partial charge in [0.1, 0.15) is 17.5 Å². The van der Waals surface area contributed by atoms with Crippen LogP contribution in [0.3, 0.4) is 0 Å². The SMILES string of the molecule is Fc1cc(F)c(C[SiH3])c(F)c1.